The molecule has 3 unspecified atom stereocenters. The molecular weight excluding hydrogens is 350 g/mol. The molecule has 2 fully saturated rings. The number of nitrogens with zero attached hydrogens (tertiary/aromatic N) is 5. The van der Waals surface area contributed by atoms with Gasteiger partial charge in [0.1, 0.15) is 6.10 Å². The molecule has 2 aromatic heterocycles. The van der Waals surface area contributed by atoms with E-state index in [0.717, 1.165) is 25.0 Å². The quantitative estimate of drug-likeness (QED) is 0.465. The fourth-order valence-corrected chi connectivity index (χ4v) is 4.38. The summed E-state index contributed by atoms with van der Waals surface area (Å²) in [5.74, 6) is 0.391. The third-order valence-electron chi connectivity index (χ3n) is 4.36. The van der Waals surface area contributed by atoms with Crippen LogP contribution in [-0.2, 0) is 9.47 Å². The summed E-state index contributed by atoms with van der Waals surface area (Å²) >= 11 is 7.87. The lowest BCUT2D eigenvalue weighted by atomic mass is 10.2. The molecule has 0 aromatic carbocycles. The predicted octanol–water partition coefficient (Wildman–Crippen LogP) is 3.23. The van der Waals surface area contributed by atoms with Crippen LogP contribution in [0.15, 0.2) is 5.16 Å². The minimum atomic E-state index is -0.556. The Morgan fingerprint density at radius 2 is 2.12 bits per heavy atom. The zero-order chi connectivity index (χ0) is 16.9. The molecule has 2 aromatic rings. The highest BCUT2D eigenvalue weighted by Gasteiger charge is 2.50. The van der Waals surface area contributed by atoms with Gasteiger partial charge in [-0.3, -0.25) is 0 Å². The first kappa shape index (κ1) is 16.5. The summed E-state index contributed by atoms with van der Waals surface area (Å²) in [7, 11) is 0. The second-order valence-electron chi connectivity index (χ2n) is 6.63. The lowest BCUT2D eigenvalue weighted by molar-refractivity contribution is -0.155. The van der Waals surface area contributed by atoms with Crippen LogP contribution in [0.4, 0.5) is 0 Å². The maximum Gasteiger partial charge on any atom is 0.191 e. The van der Waals surface area contributed by atoms with Gasteiger partial charge >= 0.3 is 0 Å². The molecule has 7 nitrogen and oxygen atoms in total. The zero-order valence-corrected chi connectivity index (χ0v) is 15.5. The molecule has 4 rings (SSSR count). The Balaban J connectivity index is 1.70. The van der Waals surface area contributed by atoms with Crippen LogP contribution in [0.5, 0.6) is 0 Å². The fourth-order valence-electron chi connectivity index (χ4n) is 3.43. The number of aromatic nitrogens is 5. The Morgan fingerprint density at radius 1 is 1.29 bits per heavy atom. The third-order valence-corrected chi connectivity index (χ3v) is 5.67. The summed E-state index contributed by atoms with van der Waals surface area (Å²) in [5, 5.41) is 9.50. The Labute approximate surface area is 149 Å². The van der Waals surface area contributed by atoms with Crippen molar-refractivity contribution in [2.45, 2.75) is 69.2 Å². The molecule has 0 bridgehead atoms. The second kappa shape index (κ2) is 6.09. The molecule has 24 heavy (non-hydrogen) atoms. The van der Waals surface area contributed by atoms with Gasteiger partial charge in [-0.05, 0) is 33.1 Å². The maximum atomic E-state index is 6.28. The predicted molar refractivity (Wildman–Crippen MR) is 91.2 cm³/mol. The summed E-state index contributed by atoms with van der Waals surface area (Å²) in [4.78, 5) is 8.95. The van der Waals surface area contributed by atoms with E-state index in [9.17, 15) is 0 Å². The van der Waals surface area contributed by atoms with Gasteiger partial charge in [0.25, 0.3) is 0 Å². The zero-order valence-electron chi connectivity index (χ0n) is 13.9. The molecule has 0 spiro atoms. The lowest BCUT2D eigenvalue weighted by Crippen LogP contribution is -2.28. The third kappa shape index (κ3) is 2.79. The van der Waals surface area contributed by atoms with Gasteiger partial charge in [0.15, 0.2) is 27.3 Å². The van der Waals surface area contributed by atoms with Crippen molar-refractivity contribution in [3.8, 4) is 0 Å². The van der Waals surface area contributed by atoms with Crippen LogP contribution >= 0.6 is 23.4 Å². The molecule has 1 saturated carbocycles. The van der Waals surface area contributed by atoms with E-state index in [1.807, 2.05) is 18.5 Å². The second-order valence-corrected chi connectivity index (χ2v) is 8.06. The summed E-state index contributed by atoms with van der Waals surface area (Å²) in [6, 6.07) is 0.0526. The van der Waals surface area contributed by atoms with E-state index in [0.29, 0.717) is 21.5 Å². The molecule has 0 N–H and O–H groups in total. The average Bonchev–Trinajstić information content (AvgIpc) is 3.17. The first-order chi connectivity index (χ1) is 11.5. The van der Waals surface area contributed by atoms with Gasteiger partial charge < -0.3 is 9.47 Å². The highest BCUT2D eigenvalue weighted by molar-refractivity contribution is 7.99. The standard InChI is InChI=1S/C15H20ClN5O2S/c1-4-7-24-14-17-12(16)10-13(18-14)21(20-19-10)8-5-6-9-11(8)23-15(2,3)22-9/h8-9,11H,4-7H2,1-3H3. The van der Waals surface area contributed by atoms with E-state index < -0.39 is 5.79 Å². The van der Waals surface area contributed by atoms with Crippen LogP contribution in [-0.4, -0.2) is 48.7 Å². The van der Waals surface area contributed by atoms with E-state index in [1.165, 1.54) is 0 Å². The van der Waals surface area contributed by atoms with Crippen molar-refractivity contribution in [2.75, 3.05) is 5.75 Å². The van der Waals surface area contributed by atoms with E-state index in [4.69, 9.17) is 21.1 Å². The van der Waals surface area contributed by atoms with Gasteiger partial charge in [0.05, 0.1) is 12.1 Å². The summed E-state index contributed by atoms with van der Waals surface area (Å²) in [6.45, 7) is 6.01. The first-order valence-corrected chi connectivity index (χ1v) is 9.62. The monoisotopic (exact) mass is 369 g/mol. The highest BCUT2D eigenvalue weighted by atomic mass is 35.5. The van der Waals surface area contributed by atoms with Gasteiger partial charge in [-0.1, -0.05) is 35.5 Å². The maximum absolute atomic E-state index is 6.28. The van der Waals surface area contributed by atoms with Crippen molar-refractivity contribution in [1.82, 2.24) is 25.0 Å². The van der Waals surface area contributed by atoms with Gasteiger partial charge in [-0.25, -0.2) is 14.6 Å². The van der Waals surface area contributed by atoms with Crippen LogP contribution < -0.4 is 0 Å². The smallest absolute Gasteiger partial charge is 0.191 e. The van der Waals surface area contributed by atoms with Crippen LogP contribution in [0.2, 0.25) is 5.15 Å². The van der Waals surface area contributed by atoms with Crippen molar-refractivity contribution in [3.05, 3.63) is 5.15 Å². The Hall–Kier alpha value is -0.960. The fraction of sp³-hybridized carbons (Fsp3) is 0.733. The van der Waals surface area contributed by atoms with Crippen LogP contribution in [0.25, 0.3) is 11.2 Å². The normalized spacial score (nSPS) is 28.6. The van der Waals surface area contributed by atoms with Gasteiger partial charge in [0.2, 0.25) is 0 Å². The summed E-state index contributed by atoms with van der Waals surface area (Å²) < 4.78 is 13.9. The number of halogens is 1. The minimum absolute atomic E-state index is 0.0367. The van der Waals surface area contributed by atoms with Gasteiger partial charge in [-0.2, -0.15) is 0 Å². The van der Waals surface area contributed by atoms with Crippen LogP contribution in [0.1, 0.15) is 46.1 Å². The molecule has 3 atom stereocenters. The molecular formula is C15H20ClN5O2S. The molecule has 2 aliphatic rings. The average molecular weight is 370 g/mol. The molecule has 1 saturated heterocycles. The molecule has 1 aliphatic heterocycles. The molecule has 3 heterocycles. The number of hydrogen-bond acceptors (Lipinski definition) is 7. The summed E-state index contributed by atoms with van der Waals surface area (Å²) in [5.41, 5.74) is 1.21. The largest absolute Gasteiger partial charge is 0.344 e. The number of thioether (sulfide) groups is 1. The Bertz CT molecular complexity index is 768. The van der Waals surface area contributed by atoms with Crippen molar-refractivity contribution >= 4 is 34.5 Å². The number of hydrogen-bond donors (Lipinski definition) is 0. The van der Waals surface area contributed by atoms with Crippen molar-refractivity contribution in [2.24, 2.45) is 0 Å². The lowest BCUT2D eigenvalue weighted by Gasteiger charge is -2.21. The Kier molecular flexibility index (Phi) is 4.19. The number of ether oxygens (including phenoxy) is 2. The molecule has 130 valence electrons. The Morgan fingerprint density at radius 3 is 2.92 bits per heavy atom. The molecule has 0 radical (unpaired) electrons. The van der Waals surface area contributed by atoms with Gasteiger partial charge in [-0.15, -0.1) is 5.10 Å². The van der Waals surface area contributed by atoms with E-state index in [-0.39, 0.29) is 18.2 Å². The molecule has 1 aliphatic carbocycles. The SMILES string of the molecule is CCCSc1nc(Cl)c2nnn(C3CCC4OC(C)(C)OC43)c2n1. The molecule has 0 amide bonds. The summed E-state index contributed by atoms with van der Waals surface area (Å²) in [6.07, 6.45) is 2.97. The molecule has 9 heteroatoms. The first-order valence-electron chi connectivity index (χ1n) is 8.25. The van der Waals surface area contributed by atoms with Crippen molar-refractivity contribution in [3.63, 3.8) is 0 Å². The van der Waals surface area contributed by atoms with Crippen LogP contribution in [0.3, 0.4) is 0 Å². The van der Waals surface area contributed by atoms with E-state index >= 15 is 0 Å². The topological polar surface area (TPSA) is 75.0 Å². The number of rotatable bonds is 4. The van der Waals surface area contributed by atoms with Crippen LogP contribution in [0, 0.1) is 0 Å². The van der Waals surface area contributed by atoms with E-state index in [1.54, 1.807) is 11.8 Å². The van der Waals surface area contributed by atoms with Crippen molar-refractivity contribution in [1.29, 1.82) is 0 Å². The van der Waals surface area contributed by atoms with Crippen molar-refractivity contribution < 1.29 is 9.47 Å². The van der Waals surface area contributed by atoms with E-state index in [2.05, 4.69) is 27.2 Å². The number of fused-ring (bicyclic) bond motifs is 2. The van der Waals surface area contributed by atoms with Gasteiger partial charge in [0, 0.05) is 5.75 Å². The highest BCUT2D eigenvalue weighted by Crippen LogP contribution is 2.44. The minimum Gasteiger partial charge on any atom is -0.344 e.